The van der Waals surface area contributed by atoms with Crippen molar-refractivity contribution in [3.05, 3.63) is 107 Å². The van der Waals surface area contributed by atoms with E-state index < -0.39 is 104 Å². The van der Waals surface area contributed by atoms with Crippen LogP contribution in [-0.4, -0.2) is 162 Å². The van der Waals surface area contributed by atoms with Crippen LogP contribution in [0.1, 0.15) is 93.1 Å². The molecule has 10 atom stereocenters. The van der Waals surface area contributed by atoms with Crippen LogP contribution in [0, 0.1) is 11.3 Å². The van der Waals surface area contributed by atoms with E-state index >= 15 is 0 Å². The van der Waals surface area contributed by atoms with Gasteiger partial charge in [0.15, 0.2) is 40.3 Å². The van der Waals surface area contributed by atoms with Gasteiger partial charge in [-0.15, -0.1) is 0 Å². The van der Waals surface area contributed by atoms with Crippen LogP contribution in [0.25, 0.3) is 22.2 Å². The van der Waals surface area contributed by atoms with Crippen molar-refractivity contribution in [2.24, 2.45) is 4.99 Å². The van der Waals surface area contributed by atoms with Crippen LogP contribution < -0.4 is 10.5 Å². The van der Waals surface area contributed by atoms with Crippen LogP contribution in [0.2, 0.25) is 36.3 Å². The standard InChI is InChI=1S/C58H77N11O14P2S2Si2/c1-57(2,3)88(9,10)82-45-41-32-76-84(73,86)80-44-40(78-54(47(44)83-89(11,12)58(4,5)6)68-31-39-25-19-27-66(48-42(39)49(68)61-34-60-48)51(70)37-21-15-13-16-22-37)33-77-85(87,75-29-20-26-59)81-46(45)53(79-41)69-36-62-43-50(69)64-56(63-35-65(7)8)67(52(43)71)28-30-74-55(72)38-23-17-14-18-24-38/h13-18,21-24,31,34-36,40-41,44-47,53-54H,19-20,25,27-30,32-33H2,1-12H3,(H,73,86)/b63-35+/t40-,41-,44-,45-,46-,47-,53-,54-,84?,85?/m1/s1. The lowest BCUT2D eigenvalue weighted by atomic mass is 10.1. The van der Waals surface area contributed by atoms with Crippen molar-refractivity contribution in [3.63, 3.8) is 0 Å². The van der Waals surface area contributed by atoms with Crippen LogP contribution in [-0.2, 0) is 82.3 Å². The molecule has 4 aliphatic heterocycles. The average molecular weight is 1330 g/mol. The normalized spacial score (nSPS) is 26.3. The van der Waals surface area contributed by atoms with Crippen molar-refractivity contribution >= 4 is 106 Å². The fraction of sp³-hybridized carbons (Fsp3) is 0.534. The zero-order valence-corrected chi connectivity index (χ0v) is 57.4. The molecule has 25 nitrogen and oxygen atoms in total. The quantitative estimate of drug-likeness (QED) is 0.0236. The lowest BCUT2D eigenvalue weighted by Crippen LogP contribution is -2.50. The van der Waals surface area contributed by atoms with Crippen molar-refractivity contribution in [2.75, 3.05) is 52.0 Å². The zero-order valence-electron chi connectivity index (χ0n) is 52.0. The first-order valence-electron chi connectivity index (χ1n) is 29.4. The number of hydrogen-bond acceptors (Lipinski definition) is 21. The number of nitrogens with zero attached hydrogens (tertiary/aromatic N) is 11. The summed E-state index contributed by atoms with van der Waals surface area (Å²) in [4.78, 5) is 81.4. The fourth-order valence-corrected chi connectivity index (χ4v) is 16.5. The van der Waals surface area contributed by atoms with Crippen molar-refractivity contribution in [1.82, 2.24) is 38.5 Å². The maximum absolute atomic E-state index is 14.7. The van der Waals surface area contributed by atoms with Gasteiger partial charge in [0.25, 0.3) is 11.5 Å². The van der Waals surface area contributed by atoms with Gasteiger partial charge < -0.3 is 51.0 Å². The van der Waals surface area contributed by atoms with Crippen LogP contribution in [0.3, 0.4) is 0 Å². The predicted molar refractivity (Wildman–Crippen MR) is 345 cm³/mol. The van der Waals surface area contributed by atoms with Gasteiger partial charge in [-0.05, 0) is 103 Å². The summed E-state index contributed by atoms with van der Waals surface area (Å²) in [6, 6.07) is 19.6. The number of aryl methyl sites for hydroxylation is 1. The molecule has 0 aliphatic carbocycles. The van der Waals surface area contributed by atoms with Gasteiger partial charge in [0.2, 0.25) is 5.95 Å². The van der Waals surface area contributed by atoms with E-state index in [1.165, 1.54) is 28.1 Å². The summed E-state index contributed by atoms with van der Waals surface area (Å²) in [6.45, 7) is 11.3. The highest BCUT2D eigenvalue weighted by Crippen LogP contribution is 2.59. The van der Waals surface area contributed by atoms with Crippen LogP contribution in [0.15, 0.2) is 89.3 Å². The van der Waals surface area contributed by atoms with Crippen molar-refractivity contribution in [1.29, 1.82) is 5.26 Å². The van der Waals surface area contributed by atoms with E-state index in [-0.39, 0.29) is 59.3 Å². The summed E-state index contributed by atoms with van der Waals surface area (Å²) in [5, 5.41) is 9.80. The van der Waals surface area contributed by atoms with Gasteiger partial charge in [0, 0.05) is 32.4 Å². The minimum absolute atomic E-state index is 0.0293. The van der Waals surface area contributed by atoms with Gasteiger partial charge in [-0.3, -0.25) is 32.7 Å². The number of rotatable bonds is 16. The van der Waals surface area contributed by atoms with E-state index in [1.54, 1.807) is 66.4 Å². The number of fused-ring (bicyclic) bond motifs is 4. The largest absolute Gasteiger partial charge is 0.460 e. The molecular weight excluding hydrogens is 1260 g/mol. The highest BCUT2D eigenvalue weighted by atomic mass is 32.5. The number of carbonyl (C=O) groups is 2. The topological polar surface area (TPSA) is 273 Å². The predicted octanol–water partition coefficient (Wildman–Crippen LogP) is 9.47. The number of ether oxygens (including phenoxy) is 3. The minimum atomic E-state index is -4.39. The zero-order chi connectivity index (χ0) is 64.0. The first kappa shape index (κ1) is 66.6. The number of hydrogen-bond donors (Lipinski definition) is 1. The summed E-state index contributed by atoms with van der Waals surface area (Å²) in [5.41, 5.74) is 1.54. The molecule has 2 aromatic carbocycles. The number of amides is 1. The summed E-state index contributed by atoms with van der Waals surface area (Å²) in [5.74, 6) is -0.380. The molecule has 10 rings (SSSR count). The first-order valence-corrected chi connectivity index (χ1v) is 40.3. The third kappa shape index (κ3) is 14.2. The Labute approximate surface area is 529 Å². The minimum Gasteiger partial charge on any atom is -0.460 e. The van der Waals surface area contributed by atoms with E-state index in [0.29, 0.717) is 47.4 Å². The smallest absolute Gasteiger partial charge is 0.338 e. The Morgan fingerprint density at radius 1 is 0.843 bits per heavy atom. The second-order valence-electron chi connectivity index (χ2n) is 25.5. The molecule has 2 unspecified atom stereocenters. The maximum atomic E-state index is 14.7. The SMILES string of the molecule is CN(C)/C=N/c1nc2c(ncn2[C@@H]2O[C@@H]3COP(O)(=S)O[C@H]4[C@@H](O[Si](C)(C)C(C)(C)C)[C@H](n5cc6c7c(ncnc75)N(C(=O)c5ccccc5)CCC6)O[C@@H]4COP(=S)(OCCC#N)O[C@@H]2[C@@H]3O[Si](C)(C)C(C)(C)C)c(=O)n1CCOC(=O)c1ccccc1. The van der Waals surface area contributed by atoms with Gasteiger partial charge in [-0.2, -0.15) is 10.2 Å². The van der Waals surface area contributed by atoms with Crippen molar-refractivity contribution in [3.8, 4) is 6.07 Å². The van der Waals surface area contributed by atoms with Gasteiger partial charge >= 0.3 is 19.4 Å². The molecule has 1 N–H and O–H groups in total. The van der Waals surface area contributed by atoms with E-state index in [9.17, 15) is 24.5 Å². The summed E-state index contributed by atoms with van der Waals surface area (Å²) in [7, 11) is -2.16. The Hall–Kier alpha value is -5.36. The van der Waals surface area contributed by atoms with Gasteiger partial charge in [0.1, 0.15) is 61.0 Å². The number of carbonyl (C=O) groups excluding carboxylic acids is 2. The Morgan fingerprint density at radius 2 is 1.49 bits per heavy atom. The van der Waals surface area contributed by atoms with Gasteiger partial charge in [-0.25, -0.2) is 24.7 Å². The molecule has 0 saturated carbocycles. The van der Waals surface area contributed by atoms with E-state index in [0.717, 1.165) is 5.56 Å². The van der Waals surface area contributed by atoms with E-state index in [1.807, 2.05) is 29.0 Å². The van der Waals surface area contributed by atoms with Gasteiger partial charge in [-0.1, -0.05) is 77.9 Å². The highest BCUT2D eigenvalue weighted by Gasteiger charge is 2.57. The Bertz CT molecular complexity index is 3820. The molecule has 4 aliphatic rings. The number of esters is 1. The number of aliphatic imine (C=N–C) groups is 1. The Balaban J connectivity index is 1.06. The summed E-state index contributed by atoms with van der Waals surface area (Å²) < 4.78 is 72.7. The Kier molecular flexibility index (Phi) is 19.7. The molecule has 89 heavy (non-hydrogen) atoms. The monoisotopic (exact) mass is 1330 g/mol. The molecule has 3 fully saturated rings. The molecule has 1 amide bonds. The first-order chi connectivity index (χ1) is 42.0. The molecule has 31 heteroatoms. The maximum Gasteiger partial charge on any atom is 0.338 e. The third-order valence-electron chi connectivity index (χ3n) is 17.0. The number of nitriles is 1. The fourth-order valence-electron chi connectivity index (χ4n) is 10.4. The number of benzene rings is 2. The second-order valence-corrected chi connectivity index (χ2v) is 40.8. The number of aromatic nitrogens is 7. The van der Waals surface area contributed by atoms with Crippen molar-refractivity contribution in [2.45, 2.75) is 153 Å². The molecular formula is C58H77N11O14P2S2Si2. The van der Waals surface area contributed by atoms with Crippen LogP contribution in [0.4, 0.5) is 11.8 Å². The summed E-state index contributed by atoms with van der Waals surface area (Å²) in [6.07, 6.45) is -1.83. The van der Waals surface area contributed by atoms with Crippen LogP contribution in [0.5, 0.6) is 0 Å². The van der Waals surface area contributed by atoms with Gasteiger partial charge in [0.05, 0.1) is 62.5 Å². The van der Waals surface area contributed by atoms with Crippen LogP contribution >= 0.6 is 13.4 Å². The van der Waals surface area contributed by atoms with E-state index in [4.69, 9.17) is 84.2 Å². The Morgan fingerprint density at radius 3 is 2.16 bits per heavy atom. The highest BCUT2D eigenvalue weighted by molar-refractivity contribution is 8.07. The molecule has 8 heterocycles. The summed E-state index contributed by atoms with van der Waals surface area (Å²) >= 11 is 12.4. The van der Waals surface area contributed by atoms with Crippen molar-refractivity contribution < 1.29 is 60.2 Å². The third-order valence-corrected chi connectivity index (χ3v) is 29.9. The molecule has 6 aromatic rings. The molecule has 3 saturated heterocycles. The molecule has 0 radical (unpaired) electrons. The molecule has 2 bridgehead atoms. The van der Waals surface area contributed by atoms with E-state index in [2.05, 4.69) is 83.8 Å². The lowest BCUT2D eigenvalue weighted by molar-refractivity contribution is -0.0618. The molecule has 478 valence electrons. The number of imidazole rings is 1. The molecule has 4 aromatic heterocycles. The lowest BCUT2D eigenvalue weighted by Gasteiger charge is -2.41. The average Bonchev–Trinajstić information content (AvgIpc) is 1.64. The second kappa shape index (κ2) is 26.3. The molecule has 0 spiro atoms. The number of anilines is 1.